The van der Waals surface area contributed by atoms with Gasteiger partial charge in [-0.25, -0.2) is 4.79 Å². The van der Waals surface area contributed by atoms with Gasteiger partial charge in [0.25, 0.3) is 0 Å². The fourth-order valence-electron chi connectivity index (χ4n) is 4.25. The maximum atomic E-state index is 12.6. The molecule has 0 fully saturated rings. The van der Waals surface area contributed by atoms with Crippen LogP contribution in [0.5, 0.6) is 11.5 Å². The van der Waals surface area contributed by atoms with Gasteiger partial charge in [-0.15, -0.1) is 0 Å². The highest BCUT2D eigenvalue weighted by atomic mass is 16.5. The number of carbonyl (C=O) groups is 1. The van der Waals surface area contributed by atoms with Gasteiger partial charge in [0.15, 0.2) is 0 Å². The number of phenolic OH excluding ortho intramolecular Hbond substituents is 1. The molecule has 4 rings (SSSR count). The van der Waals surface area contributed by atoms with Crippen LogP contribution in [0.15, 0.2) is 66.7 Å². The van der Waals surface area contributed by atoms with Gasteiger partial charge >= 0.3 is 5.97 Å². The van der Waals surface area contributed by atoms with Crippen molar-refractivity contribution in [2.75, 3.05) is 7.11 Å². The lowest BCUT2D eigenvalue weighted by atomic mass is 9.78. The molecule has 3 aromatic rings. The molecule has 0 spiro atoms. The summed E-state index contributed by atoms with van der Waals surface area (Å²) in [7, 11) is 1.35. The predicted octanol–water partition coefficient (Wildman–Crippen LogP) is 6.26. The smallest absolute Gasteiger partial charge is 0.338 e. The number of esters is 1. The number of fused-ring (bicyclic) bond motifs is 1. The summed E-state index contributed by atoms with van der Waals surface area (Å²) in [5.41, 5.74) is 6.31. The first kappa shape index (κ1) is 21.7. The van der Waals surface area contributed by atoms with E-state index >= 15 is 0 Å². The molecule has 0 radical (unpaired) electrons. The molecular weight excluding hydrogens is 400 g/mol. The average Bonchev–Trinajstić information content (AvgIpc) is 2.77. The molecule has 3 aromatic carbocycles. The van der Waals surface area contributed by atoms with E-state index in [1.165, 1.54) is 24.3 Å². The van der Waals surface area contributed by atoms with Crippen molar-refractivity contribution in [3.63, 3.8) is 0 Å². The van der Waals surface area contributed by atoms with Crippen molar-refractivity contribution in [3.05, 3.63) is 94.5 Å². The molecule has 0 bridgehead atoms. The van der Waals surface area contributed by atoms with E-state index in [-0.39, 0.29) is 11.4 Å². The zero-order chi connectivity index (χ0) is 22.9. The van der Waals surface area contributed by atoms with Crippen LogP contribution in [0.25, 0.3) is 11.1 Å². The Morgan fingerprint density at radius 1 is 0.906 bits per heavy atom. The largest absolute Gasteiger partial charge is 0.508 e. The standard InChI is InChI=1S/C28H28O4/c1-28(2,3)32-21-12-15-23-19(16-21)10-13-22(18-8-6-5-7-9-18)26(23)24-14-11-20(29)17-25(24)27(30)31-4/h5-9,11-12,14-17,29H,10,13H2,1-4H3. The number of benzene rings is 3. The zero-order valence-corrected chi connectivity index (χ0v) is 18.9. The van der Waals surface area contributed by atoms with E-state index in [2.05, 4.69) is 24.3 Å². The SMILES string of the molecule is COC(=O)c1cc(O)ccc1C1=C(c2ccccc2)CCc2cc(OC(C)(C)C)ccc21. The number of hydrogen-bond acceptors (Lipinski definition) is 4. The number of aryl methyl sites for hydroxylation is 1. The minimum Gasteiger partial charge on any atom is -0.508 e. The second kappa shape index (κ2) is 8.54. The van der Waals surface area contributed by atoms with Gasteiger partial charge in [0.05, 0.1) is 12.7 Å². The fourth-order valence-corrected chi connectivity index (χ4v) is 4.25. The van der Waals surface area contributed by atoms with Crippen LogP contribution in [0.4, 0.5) is 0 Å². The number of methoxy groups -OCH3 is 1. The lowest BCUT2D eigenvalue weighted by Crippen LogP contribution is -2.23. The molecule has 0 unspecified atom stereocenters. The Labute approximate surface area is 189 Å². The second-order valence-electron chi connectivity index (χ2n) is 8.97. The zero-order valence-electron chi connectivity index (χ0n) is 18.9. The molecule has 0 aliphatic heterocycles. The maximum Gasteiger partial charge on any atom is 0.338 e. The minimum absolute atomic E-state index is 0.0287. The van der Waals surface area contributed by atoms with Gasteiger partial charge in [-0.05, 0) is 97.3 Å². The van der Waals surface area contributed by atoms with E-state index in [0.29, 0.717) is 5.56 Å². The van der Waals surface area contributed by atoms with Gasteiger partial charge in [-0.2, -0.15) is 0 Å². The quantitative estimate of drug-likeness (QED) is 0.498. The third-order valence-electron chi connectivity index (χ3n) is 5.52. The molecule has 0 heterocycles. The Hall–Kier alpha value is -3.53. The van der Waals surface area contributed by atoms with Crippen molar-refractivity contribution in [1.82, 2.24) is 0 Å². The number of phenols is 1. The summed E-state index contributed by atoms with van der Waals surface area (Å²) >= 11 is 0. The van der Waals surface area contributed by atoms with Crippen LogP contribution in [0.1, 0.15) is 59.8 Å². The van der Waals surface area contributed by atoms with E-state index in [9.17, 15) is 9.90 Å². The first-order chi connectivity index (χ1) is 15.3. The summed E-state index contributed by atoms with van der Waals surface area (Å²) in [6, 6.07) is 21.3. The molecule has 164 valence electrons. The molecule has 0 saturated carbocycles. The molecule has 1 N–H and O–H groups in total. The highest BCUT2D eigenvalue weighted by Gasteiger charge is 2.26. The third kappa shape index (κ3) is 4.40. The van der Waals surface area contributed by atoms with Crippen LogP contribution < -0.4 is 4.74 Å². The summed E-state index contributed by atoms with van der Waals surface area (Å²) in [5, 5.41) is 10.1. The van der Waals surface area contributed by atoms with E-state index in [0.717, 1.165) is 40.9 Å². The Balaban J connectivity index is 1.96. The number of ether oxygens (including phenoxy) is 2. The van der Waals surface area contributed by atoms with Gasteiger partial charge in [0.1, 0.15) is 17.1 Å². The Kier molecular flexibility index (Phi) is 5.79. The highest BCUT2D eigenvalue weighted by molar-refractivity contribution is 6.06. The predicted molar refractivity (Wildman–Crippen MR) is 127 cm³/mol. The van der Waals surface area contributed by atoms with Crippen LogP contribution >= 0.6 is 0 Å². The highest BCUT2D eigenvalue weighted by Crippen LogP contribution is 2.43. The normalized spacial score (nSPS) is 13.5. The molecule has 1 aliphatic carbocycles. The van der Waals surface area contributed by atoms with Gasteiger partial charge in [-0.3, -0.25) is 0 Å². The van der Waals surface area contributed by atoms with Gasteiger partial charge < -0.3 is 14.6 Å². The van der Waals surface area contributed by atoms with E-state index in [4.69, 9.17) is 9.47 Å². The van der Waals surface area contributed by atoms with Crippen LogP contribution in [0, 0.1) is 0 Å². The lowest BCUT2D eigenvalue weighted by molar-refractivity contribution is 0.0600. The maximum absolute atomic E-state index is 12.6. The summed E-state index contributed by atoms with van der Waals surface area (Å²) in [4.78, 5) is 12.6. The number of hydrogen-bond donors (Lipinski definition) is 1. The topological polar surface area (TPSA) is 55.8 Å². The van der Waals surface area contributed by atoms with E-state index in [1.807, 2.05) is 45.0 Å². The van der Waals surface area contributed by atoms with Crippen LogP contribution in [-0.2, 0) is 11.2 Å². The molecule has 32 heavy (non-hydrogen) atoms. The molecule has 0 atom stereocenters. The van der Waals surface area contributed by atoms with Crippen molar-refractivity contribution in [1.29, 1.82) is 0 Å². The molecule has 0 saturated heterocycles. The van der Waals surface area contributed by atoms with Crippen molar-refractivity contribution >= 4 is 17.1 Å². The Morgan fingerprint density at radius 2 is 1.62 bits per heavy atom. The van der Waals surface area contributed by atoms with Crippen molar-refractivity contribution in [2.45, 2.75) is 39.2 Å². The molecule has 0 amide bonds. The third-order valence-corrected chi connectivity index (χ3v) is 5.52. The van der Waals surface area contributed by atoms with E-state index in [1.54, 1.807) is 12.1 Å². The molecule has 1 aliphatic rings. The van der Waals surface area contributed by atoms with Crippen molar-refractivity contribution in [2.24, 2.45) is 0 Å². The molecule has 4 heteroatoms. The first-order valence-electron chi connectivity index (χ1n) is 10.8. The van der Waals surface area contributed by atoms with Crippen molar-refractivity contribution in [3.8, 4) is 11.5 Å². The Bertz CT molecular complexity index is 1180. The van der Waals surface area contributed by atoms with Crippen LogP contribution in [-0.4, -0.2) is 23.8 Å². The minimum atomic E-state index is -0.476. The molecular formula is C28H28O4. The summed E-state index contributed by atoms with van der Waals surface area (Å²) < 4.78 is 11.1. The van der Waals surface area contributed by atoms with E-state index < -0.39 is 5.97 Å². The first-order valence-corrected chi connectivity index (χ1v) is 10.8. The number of aromatic hydroxyl groups is 1. The van der Waals surface area contributed by atoms with Gasteiger partial charge in [0, 0.05) is 0 Å². The monoisotopic (exact) mass is 428 g/mol. The fraction of sp³-hybridized carbons (Fsp3) is 0.250. The number of rotatable bonds is 4. The number of allylic oxidation sites excluding steroid dienone is 1. The van der Waals surface area contributed by atoms with Gasteiger partial charge in [-0.1, -0.05) is 36.4 Å². The summed E-state index contributed by atoms with van der Waals surface area (Å²) in [6.45, 7) is 6.10. The number of carbonyl (C=O) groups excluding carboxylic acids is 1. The molecule has 4 nitrogen and oxygen atoms in total. The van der Waals surface area contributed by atoms with Crippen molar-refractivity contribution < 1.29 is 19.4 Å². The van der Waals surface area contributed by atoms with Gasteiger partial charge in [0.2, 0.25) is 0 Å². The second-order valence-corrected chi connectivity index (χ2v) is 8.97. The van der Waals surface area contributed by atoms with Crippen LogP contribution in [0.2, 0.25) is 0 Å². The summed E-state index contributed by atoms with van der Waals surface area (Å²) in [5.74, 6) is 0.384. The van der Waals surface area contributed by atoms with Crippen LogP contribution in [0.3, 0.4) is 0 Å². The Morgan fingerprint density at radius 3 is 2.31 bits per heavy atom. The molecule has 0 aromatic heterocycles. The average molecular weight is 429 g/mol. The summed E-state index contributed by atoms with van der Waals surface area (Å²) in [6.07, 6.45) is 1.70. The lowest BCUT2D eigenvalue weighted by Gasteiger charge is -2.27.